The number of hydrogen-bond donors (Lipinski definition) is 1. The molecule has 0 unspecified atom stereocenters. The van der Waals surface area contributed by atoms with E-state index in [1.807, 2.05) is 0 Å². The van der Waals surface area contributed by atoms with Crippen LogP contribution in [0.15, 0.2) is 53.5 Å². The molecule has 1 aliphatic rings. The largest absolute Gasteiger partial charge is 0.380 e. The summed E-state index contributed by atoms with van der Waals surface area (Å²) in [6, 6.07) is 11.8. The van der Waals surface area contributed by atoms with Gasteiger partial charge in [0, 0.05) is 19.0 Å². The fourth-order valence-corrected chi connectivity index (χ4v) is 3.63. The number of nitrogens with zero attached hydrogens (tertiary/aromatic N) is 2. The molecule has 0 spiro atoms. The van der Waals surface area contributed by atoms with Crippen molar-refractivity contribution in [2.45, 2.75) is 51.3 Å². The molecule has 0 aromatic heterocycles. The standard InChI is InChI=1S/C22H26F2N2O/c1-15(2)26-14-21(3,4)25-20(26)13-22(27,16-5-9-18(23)10-6-16)17-7-11-19(24)12-8-17/h5-12,15,27H,13-14H2,1-4H3. The first-order chi connectivity index (χ1) is 12.6. The van der Waals surface area contributed by atoms with Crippen molar-refractivity contribution >= 4 is 5.84 Å². The van der Waals surface area contributed by atoms with Crippen LogP contribution in [0, 0.1) is 11.6 Å². The third-order valence-corrected chi connectivity index (χ3v) is 5.00. The van der Waals surface area contributed by atoms with Gasteiger partial charge < -0.3 is 10.0 Å². The molecular formula is C22H26F2N2O. The van der Waals surface area contributed by atoms with E-state index in [0.29, 0.717) is 11.1 Å². The molecule has 2 aromatic carbocycles. The molecule has 1 aliphatic heterocycles. The van der Waals surface area contributed by atoms with Crippen molar-refractivity contribution in [3.63, 3.8) is 0 Å². The lowest BCUT2D eigenvalue weighted by molar-refractivity contribution is 0.0853. The lowest BCUT2D eigenvalue weighted by Crippen LogP contribution is -2.41. The molecule has 1 N–H and O–H groups in total. The van der Waals surface area contributed by atoms with Gasteiger partial charge in [0.25, 0.3) is 0 Å². The summed E-state index contributed by atoms with van der Waals surface area (Å²) in [6.45, 7) is 9.06. The molecule has 0 atom stereocenters. The van der Waals surface area contributed by atoms with Gasteiger partial charge in [0.2, 0.25) is 0 Å². The highest BCUT2D eigenvalue weighted by Gasteiger charge is 2.40. The van der Waals surface area contributed by atoms with Crippen molar-refractivity contribution < 1.29 is 13.9 Å². The van der Waals surface area contributed by atoms with E-state index in [4.69, 9.17) is 4.99 Å². The van der Waals surface area contributed by atoms with Gasteiger partial charge in [-0.15, -0.1) is 0 Å². The zero-order chi connectivity index (χ0) is 19.8. The van der Waals surface area contributed by atoms with E-state index in [0.717, 1.165) is 12.4 Å². The highest BCUT2D eigenvalue weighted by atomic mass is 19.1. The van der Waals surface area contributed by atoms with Crippen molar-refractivity contribution in [2.75, 3.05) is 6.54 Å². The number of aliphatic imine (C=N–C) groups is 1. The first-order valence-electron chi connectivity index (χ1n) is 9.20. The summed E-state index contributed by atoms with van der Waals surface area (Å²) in [5.74, 6) is 0.0536. The Balaban J connectivity index is 2.07. The molecule has 0 bridgehead atoms. The molecule has 2 aromatic rings. The van der Waals surface area contributed by atoms with E-state index >= 15 is 0 Å². The summed E-state index contributed by atoms with van der Waals surface area (Å²) in [6.07, 6.45) is 0.228. The first-order valence-corrected chi connectivity index (χ1v) is 9.20. The molecule has 144 valence electrons. The maximum Gasteiger partial charge on any atom is 0.123 e. The summed E-state index contributed by atoms with van der Waals surface area (Å²) in [7, 11) is 0. The van der Waals surface area contributed by atoms with Crippen molar-refractivity contribution in [3.8, 4) is 0 Å². The number of benzene rings is 2. The normalized spacial score (nSPS) is 16.7. The van der Waals surface area contributed by atoms with Crippen LogP contribution in [0.2, 0.25) is 0 Å². The average Bonchev–Trinajstić information content (AvgIpc) is 2.90. The lowest BCUT2D eigenvalue weighted by atomic mass is 9.83. The predicted octanol–water partition coefficient (Wildman–Crippen LogP) is 4.49. The minimum atomic E-state index is -1.44. The zero-order valence-corrected chi connectivity index (χ0v) is 16.2. The zero-order valence-electron chi connectivity index (χ0n) is 16.2. The smallest absolute Gasteiger partial charge is 0.123 e. The van der Waals surface area contributed by atoms with Crippen LogP contribution in [0.4, 0.5) is 8.78 Å². The van der Waals surface area contributed by atoms with E-state index in [9.17, 15) is 13.9 Å². The van der Waals surface area contributed by atoms with Crippen LogP contribution in [0.5, 0.6) is 0 Å². The molecular weight excluding hydrogens is 346 g/mol. The van der Waals surface area contributed by atoms with Crippen LogP contribution in [-0.4, -0.2) is 34.0 Å². The van der Waals surface area contributed by atoms with Gasteiger partial charge in [-0.05, 0) is 63.1 Å². The molecule has 27 heavy (non-hydrogen) atoms. The lowest BCUT2D eigenvalue weighted by Gasteiger charge is -2.33. The first kappa shape index (κ1) is 19.5. The van der Waals surface area contributed by atoms with Crippen LogP contribution >= 0.6 is 0 Å². The second-order valence-electron chi connectivity index (χ2n) is 8.11. The molecule has 1 heterocycles. The Morgan fingerprint density at radius 3 is 1.85 bits per heavy atom. The molecule has 0 aliphatic carbocycles. The molecule has 0 saturated heterocycles. The Hall–Kier alpha value is -2.27. The quantitative estimate of drug-likeness (QED) is 0.839. The number of hydrogen-bond acceptors (Lipinski definition) is 3. The van der Waals surface area contributed by atoms with E-state index in [-0.39, 0.29) is 29.6 Å². The average molecular weight is 372 g/mol. The Bertz CT molecular complexity index is 781. The van der Waals surface area contributed by atoms with Gasteiger partial charge in [-0.1, -0.05) is 24.3 Å². The summed E-state index contributed by atoms with van der Waals surface area (Å²) in [5, 5.41) is 11.7. The summed E-state index contributed by atoms with van der Waals surface area (Å²) >= 11 is 0. The van der Waals surface area contributed by atoms with Crippen LogP contribution in [0.25, 0.3) is 0 Å². The third kappa shape index (κ3) is 4.03. The highest BCUT2D eigenvalue weighted by molar-refractivity contribution is 5.86. The molecule has 0 fully saturated rings. The Labute approximate surface area is 159 Å². The minimum Gasteiger partial charge on any atom is -0.380 e. The Morgan fingerprint density at radius 2 is 1.44 bits per heavy atom. The van der Waals surface area contributed by atoms with Crippen molar-refractivity contribution in [1.29, 1.82) is 0 Å². The van der Waals surface area contributed by atoms with Gasteiger partial charge in [-0.25, -0.2) is 8.78 Å². The predicted molar refractivity (Wildman–Crippen MR) is 104 cm³/mol. The highest BCUT2D eigenvalue weighted by Crippen LogP contribution is 2.36. The monoisotopic (exact) mass is 372 g/mol. The molecule has 0 saturated carbocycles. The second-order valence-corrected chi connectivity index (χ2v) is 8.11. The fourth-order valence-electron chi connectivity index (χ4n) is 3.63. The third-order valence-electron chi connectivity index (χ3n) is 5.00. The molecule has 0 radical (unpaired) electrons. The maximum absolute atomic E-state index is 13.4. The van der Waals surface area contributed by atoms with Gasteiger partial charge in [0.1, 0.15) is 23.1 Å². The van der Waals surface area contributed by atoms with E-state index in [2.05, 4.69) is 32.6 Å². The van der Waals surface area contributed by atoms with Crippen molar-refractivity contribution in [2.24, 2.45) is 4.99 Å². The minimum absolute atomic E-state index is 0.228. The van der Waals surface area contributed by atoms with Gasteiger partial charge in [0.05, 0.1) is 5.54 Å². The van der Waals surface area contributed by atoms with Crippen LogP contribution < -0.4 is 0 Å². The van der Waals surface area contributed by atoms with Crippen molar-refractivity contribution in [1.82, 2.24) is 4.90 Å². The summed E-state index contributed by atoms with van der Waals surface area (Å²) < 4.78 is 26.9. The number of halogens is 2. The van der Waals surface area contributed by atoms with E-state index in [1.165, 1.54) is 24.3 Å². The molecule has 3 nitrogen and oxygen atoms in total. The molecule has 0 amide bonds. The van der Waals surface area contributed by atoms with Gasteiger partial charge in [-0.2, -0.15) is 0 Å². The molecule has 5 heteroatoms. The van der Waals surface area contributed by atoms with Crippen LogP contribution in [0.1, 0.15) is 45.2 Å². The topological polar surface area (TPSA) is 35.8 Å². The van der Waals surface area contributed by atoms with Gasteiger partial charge >= 0.3 is 0 Å². The van der Waals surface area contributed by atoms with Crippen LogP contribution in [0.3, 0.4) is 0 Å². The van der Waals surface area contributed by atoms with E-state index in [1.54, 1.807) is 24.3 Å². The number of amidine groups is 1. The molecule has 3 rings (SSSR count). The van der Waals surface area contributed by atoms with Gasteiger partial charge in [-0.3, -0.25) is 4.99 Å². The Kier molecular flexibility index (Phi) is 5.08. The fraction of sp³-hybridized carbons (Fsp3) is 0.409. The van der Waals surface area contributed by atoms with Crippen molar-refractivity contribution in [3.05, 3.63) is 71.3 Å². The Morgan fingerprint density at radius 1 is 1.00 bits per heavy atom. The number of rotatable bonds is 5. The second kappa shape index (κ2) is 7.04. The van der Waals surface area contributed by atoms with E-state index < -0.39 is 5.60 Å². The maximum atomic E-state index is 13.4. The summed E-state index contributed by atoms with van der Waals surface area (Å²) in [5.41, 5.74) is -0.585. The van der Waals surface area contributed by atoms with Crippen LogP contribution in [-0.2, 0) is 5.60 Å². The number of aliphatic hydroxyl groups is 1. The SMILES string of the molecule is CC(C)N1CC(C)(C)N=C1CC(O)(c1ccc(F)cc1)c1ccc(F)cc1. The summed E-state index contributed by atoms with van der Waals surface area (Å²) in [4.78, 5) is 7.01. The van der Waals surface area contributed by atoms with Gasteiger partial charge in [0.15, 0.2) is 0 Å².